The van der Waals surface area contributed by atoms with Gasteiger partial charge in [-0.3, -0.25) is 0 Å². The van der Waals surface area contributed by atoms with Gasteiger partial charge < -0.3 is 28.4 Å². The first-order valence-corrected chi connectivity index (χ1v) is 18.4. The van der Waals surface area contributed by atoms with Crippen LogP contribution in [0.1, 0.15) is 46.8 Å². The molecule has 2 aliphatic heterocycles. The van der Waals surface area contributed by atoms with Crippen molar-refractivity contribution in [3.8, 4) is 0 Å². The van der Waals surface area contributed by atoms with Crippen LogP contribution in [-0.2, 0) is 59.6 Å². The van der Waals surface area contributed by atoms with Crippen molar-refractivity contribution >= 4 is 5.97 Å². The van der Waals surface area contributed by atoms with Crippen LogP contribution >= 0.6 is 0 Å². The number of hydrogen-bond donors (Lipinski definition) is 0. The Morgan fingerprint density at radius 3 is 1.45 bits per heavy atom. The fraction of sp³-hybridized carbons (Fsp3) is 0.283. The number of carbonyl (C=O) groups is 1. The summed E-state index contributed by atoms with van der Waals surface area (Å²) in [6.45, 7) is 1.77. The Labute approximate surface area is 312 Å². The van der Waals surface area contributed by atoms with Gasteiger partial charge in [0.2, 0.25) is 0 Å². The Bertz CT molecular complexity index is 1850. The third-order valence-electron chi connectivity index (χ3n) is 9.64. The van der Waals surface area contributed by atoms with Gasteiger partial charge in [-0.25, -0.2) is 4.79 Å². The molecule has 272 valence electrons. The van der Waals surface area contributed by atoms with E-state index in [1.807, 2.05) is 127 Å². The molecule has 0 radical (unpaired) electrons. The van der Waals surface area contributed by atoms with Gasteiger partial charge in [-0.15, -0.1) is 0 Å². The molecule has 0 bridgehead atoms. The van der Waals surface area contributed by atoms with E-state index in [2.05, 4.69) is 24.3 Å². The molecule has 0 aliphatic carbocycles. The third-order valence-corrected chi connectivity index (χ3v) is 9.64. The van der Waals surface area contributed by atoms with E-state index < -0.39 is 30.5 Å². The number of cyclic esters (lactones) is 1. The molecule has 7 heteroatoms. The molecule has 53 heavy (non-hydrogen) atoms. The molecule has 0 N–H and O–H groups in total. The number of benzene rings is 5. The molecule has 7 rings (SSSR count). The van der Waals surface area contributed by atoms with Crippen molar-refractivity contribution in [2.24, 2.45) is 0 Å². The second-order valence-corrected chi connectivity index (χ2v) is 13.5. The second-order valence-electron chi connectivity index (χ2n) is 13.5. The van der Waals surface area contributed by atoms with Gasteiger partial charge in [0.1, 0.15) is 30.5 Å². The summed E-state index contributed by atoms with van der Waals surface area (Å²) in [6.07, 6.45) is -0.353. The van der Waals surface area contributed by atoms with Crippen molar-refractivity contribution in [2.75, 3.05) is 6.61 Å². The molecule has 0 saturated carbocycles. The van der Waals surface area contributed by atoms with Gasteiger partial charge in [0.05, 0.1) is 39.1 Å². The molecular weight excluding hydrogens is 664 g/mol. The lowest BCUT2D eigenvalue weighted by Crippen LogP contribution is -2.61. The molecule has 0 spiro atoms. The minimum absolute atomic E-state index is 0.273. The lowest BCUT2D eigenvalue weighted by Gasteiger charge is -2.46. The fourth-order valence-electron chi connectivity index (χ4n) is 6.98. The molecule has 1 fully saturated rings. The van der Waals surface area contributed by atoms with Gasteiger partial charge in [0.15, 0.2) is 0 Å². The van der Waals surface area contributed by atoms with Crippen LogP contribution in [0, 0.1) is 0 Å². The molecular formula is C46H46O7. The Morgan fingerprint density at radius 1 is 0.509 bits per heavy atom. The number of hydrogen-bond acceptors (Lipinski definition) is 7. The normalized spacial score (nSPS) is 22.9. The van der Waals surface area contributed by atoms with E-state index in [1.54, 1.807) is 6.08 Å². The highest BCUT2D eigenvalue weighted by atomic mass is 16.6. The maximum atomic E-state index is 13.0. The van der Waals surface area contributed by atoms with E-state index in [0.717, 1.165) is 33.4 Å². The van der Waals surface area contributed by atoms with Gasteiger partial charge >= 0.3 is 5.97 Å². The first-order valence-electron chi connectivity index (χ1n) is 18.4. The van der Waals surface area contributed by atoms with Crippen LogP contribution in [0.3, 0.4) is 0 Å². The minimum Gasteiger partial charge on any atom is -0.454 e. The van der Waals surface area contributed by atoms with Crippen molar-refractivity contribution in [1.29, 1.82) is 0 Å². The molecule has 6 atom stereocenters. The monoisotopic (exact) mass is 710 g/mol. The highest BCUT2D eigenvalue weighted by Gasteiger charge is 2.48. The van der Waals surface area contributed by atoms with E-state index in [-0.39, 0.29) is 18.7 Å². The Morgan fingerprint density at radius 2 is 0.943 bits per heavy atom. The zero-order valence-electron chi connectivity index (χ0n) is 29.8. The highest BCUT2D eigenvalue weighted by molar-refractivity contribution is 5.84. The average molecular weight is 711 g/mol. The van der Waals surface area contributed by atoms with Crippen LogP contribution in [0.25, 0.3) is 0 Å². The molecule has 2 aliphatic rings. The molecule has 0 amide bonds. The van der Waals surface area contributed by atoms with Crippen LogP contribution in [0.15, 0.2) is 163 Å². The summed E-state index contributed by atoms with van der Waals surface area (Å²) in [4.78, 5) is 13.0. The molecule has 2 heterocycles. The molecule has 5 aromatic rings. The van der Waals surface area contributed by atoms with E-state index >= 15 is 0 Å². The summed E-state index contributed by atoms with van der Waals surface area (Å²) in [5.41, 5.74) is 6.08. The maximum Gasteiger partial charge on any atom is 0.331 e. The largest absolute Gasteiger partial charge is 0.454 e. The number of carbonyl (C=O) groups excluding carboxylic acids is 1. The number of rotatable bonds is 16. The molecule has 1 unspecified atom stereocenters. The Balaban J connectivity index is 1.21. The summed E-state index contributed by atoms with van der Waals surface area (Å²) < 4.78 is 39.7. The SMILES string of the molecule is O=C1C=C(C[C@H]2O[C@H](COCc3ccccc3)[C@@H](OCc3ccccc3)[C@H](OCc3ccccc3)[C@H]2OCc2ccccc2)CC(c2ccccc2)O1. The van der Waals surface area contributed by atoms with Crippen molar-refractivity contribution in [1.82, 2.24) is 0 Å². The van der Waals surface area contributed by atoms with Gasteiger partial charge in [0, 0.05) is 12.5 Å². The second kappa shape index (κ2) is 18.7. The van der Waals surface area contributed by atoms with E-state index in [9.17, 15) is 4.79 Å². The third kappa shape index (κ3) is 10.4. The highest BCUT2D eigenvalue weighted by Crippen LogP contribution is 2.37. The first-order chi connectivity index (χ1) is 26.2. The Hall–Kier alpha value is -4.89. The van der Waals surface area contributed by atoms with E-state index in [4.69, 9.17) is 28.4 Å². The predicted molar refractivity (Wildman–Crippen MR) is 202 cm³/mol. The topological polar surface area (TPSA) is 72.5 Å². The van der Waals surface area contributed by atoms with Crippen molar-refractivity contribution in [2.45, 2.75) is 75.9 Å². The lowest BCUT2D eigenvalue weighted by atomic mass is 9.88. The van der Waals surface area contributed by atoms with Gasteiger partial charge in [-0.2, -0.15) is 0 Å². The van der Waals surface area contributed by atoms with Crippen LogP contribution in [0.2, 0.25) is 0 Å². The van der Waals surface area contributed by atoms with Crippen molar-refractivity contribution in [3.63, 3.8) is 0 Å². The molecule has 1 saturated heterocycles. The summed E-state index contributed by atoms with van der Waals surface area (Å²) in [5.74, 6) is -0.360. The lowest BCUT2D eigenvalue weighted by molar-refractivity contribution is -0.272. The standard InChI is InChI=1S/C46H46O7/c47-43-28-38(26-40(53-43)39-24-14-5-15-25-39)27-41-44(49-30-35-18-8-2-9-19-35)46(51-32-37-22-12-4-13-23-37)45(50-31-36-20-10-3-11-21-36)42(52-41)33-48-29-34-16-6-1-7-17-34/h1-25,28,40-42,44-46H,26-27,29-33H2/t40?,41-,42-,44+,45-,46-/m1/s1. The van der Waals surface area contributed by atoms with Gasteiger partial charge in [-0.1, -0.05) is 157 Å². The van der Waals surface area contributed by atoms with Crippen LogP contribution in [0.4, 0.5) is 0 Å². The molecule has 5 aromatic carbocycles. The van der Waals surface area contributed by atoms with Crippen LogP contribution in [0.5, 0.6) is 0 Å². The maximum absolute atomic E-state index is 13.0. The molecule has 7 nitrogen and oxygen atoms in total. The summed E-state index contributed by atoms with van der Waals surface area (Å²) in [5, 5.41) is 0. The minimum atomic E-state index is -0.543. The van der Waals surface area contributed by atoms with Crippen LogP contribution < -0.4 is 0 Å². The first kappa shape index (κ1) is 36.5. The summed E-state index contributed by atoms with van der Waals surface area (Å²) >= 11 is 0. The van der Waals surface area contributed by atoms with Gasteiger partial charge in [0.25, 0.3) is 0 Å². The zero-order chi connectivity index (χ0) is 36.1. The number of esters is 1. The Kier molecular flexibility index (Phi) is 12.9. The zero-order valence-corrected chi connectivity index (χ0v) is 29.8. The number of ether oxygens (including phenoxy) is 6. The summed E-state index contributed by atoms with van der Waals surface area (Å²) in [6, 6.07) is 50.3. The average Bonchev–Trinajstić information content (AvgIpc) is 3.21. The van der Waals surface area contributed by atoms with Crippen molar-refractivity contribution < 1.29 is 33.2 Å². The fourth-order valence-corrected chi connectivity index (χ4v) is 6.98. The van der Waals surface area contributed by atoms with Gasteiger partial charge in [-0.05, 0) is 34.2 Å². The molecule has 0 aromatic heterocycles. The van der Waals surface area contributed by atoms with E-state index in [1.165, 1.54) is 0 Å². The van der Waals surface area contributed by atoms with E-state index in [0.29, 0.717) is 39.3 Å². The smallest absolute Gasteiger partial charge is 0.331 e. The predicted octanol–water partition coefficient (Wildman–Crippen LogP) is 8.73. The quantitative estimate of drug-likeness (QED) is 0.0949. The van der Waals surface area contributed by atoms with Crippen LogP contribution in [-0.4, -0.2) is 43.1 Å². The van der Waals surface area contributed by atoms with Crippen molar-refractivity contribution in [3.05, 3.63) is 191 Å². The summed E-state index contributed by atoms with van der Waals surface area (Å²) in [7, 11) is 0.